The number of aliphatic hydroxyl groups excluding tert-OH is 1. The number of amides is 1. The van der Waals surface area contributed by atoms with Crippen LogP contribution < -0.4 is 4.90 Å². The molecule has 1 unspecified atom stereocenters. The molecule has 0 saturated carbocycles. The number of aliphatic hydroxyl groups is 1. The van der Waals surface area contributed by atoms with Crippen LogP contribution in [0.5, 0.6) is 0 Å². The summed E-state index contributed by atoms with van der Waals surface area (Å²) in [4.78, 5) is 25.5. The Morgan fingerprint density at radius 2 is 2.08 bits per heavy atom. The number of anilines is 1. The minimum Gasteiger partial charge on any atom is -0.503 e. The van der Waals surface area contributed by atoms with Crippen LogP contribution in [0.15, 0.2) is 52.3 Å². The maximum absolute atomic E-state index is 14.2. The van der Waals surface area contributed by atoms with Crippen molar-refractivity contribution in [2.24, 2.45) is 0 Å². The highest BCUT2D eigenvalue weighted by Crippen LogP contribution is 2.42. The molecular formula is C17H13F2NO4. The Balaban J connectivity index is 2.21. The van der Waals surface area contributed by atoms with Gasteiger partial charge < -0.3 is 9.52 Å². The highest BCUT2D eigenvalue weighted by molar-refractivity contribution is 6.16. The maximum atomic E-state index is 14.2. The molecule has 2 heterocycles. The zero-order valence-corrected chi connectivity index (χ0v) is 12.6. The fourth-order valence-corrected chi connectivity index (χ4v) is 2.72. The zero-order valence-electron chi connectivity index (χ0n) is 12.6. The van der Waals surface area contributed by atoms with E-state index in [0.29, 0.717) is 0 Å². The van der Waals surface area contributed by atoms with E-state index in [1.807, 2.05) is 0 Å². The number of nitrogens with zero attached hydrogens (tertiary/aromatic N) is 1. The van der Waals surface area contributed by atoms with Crippen LogP contribution in [0.25, 0.3) is 0 Å². The van der Waals surface area contributed by atoms with Gasteiger partial charge in [0.15, 0.2) is 11.5 Å². The minimum absolute atomic E-state index is 0.0311. The van der Waals surface area contributed by atoms with Gasteiger partial charge in [-0.25, -0.2) is 8.78 Å². The molecule has 1 aromatic carbocycles. The number of hydrogen-bond acceptors (Lipinski definition) is 4. The van der Waals surface area contributed by atoms with Crippen molar-refractivity contribution in [3.05, 3.63) is 65.3 Å². The third-order valence-corrected chi connectivity index (χ3v) is 3.81. The van der Waals surface area contributed by atoms with Crippen molar-refractivity contribution in [2.45, 2.75) is 19.4 Å². The summed E-state index contributed by atoms with van der Waals surface area (Å²) in [5, 5.41) is 10.1. The first-order valence-corrected chi connectivity index (χ1v) is 7.24. The van der Waals surface area contributed by atoms with E-state index in [-0.39, 0.29) is 23.4 Å². The van der Waals surface area contributed by atoms with Crippen molar-refractivity contribution in [3.63, 3.8) is 0 Å². The lowest BCUT2D eigenvalue weighted by Crippen LogP contribution is -2.31. The highest BCUT2D eigenvalue weighted by atomic mass is 19.1. The average Bonchev–Trinajstić information content (AvgIpc) is 3.17. The van der Waals surface area contributed by atoms with Crippen LogP contribution in [0.1, 0.15) is 25.1 Å². The number of furan rings is 1. The molecule has 1 N–H and O–H groups in total. The third kappa shape index (κ3) is 2.38. The summed E-state index contributed by atoms with van der Waals surface area (Å²) in [6, 6.07) is 4.47. The summed E-state index contributed by atoms with van der Waals surface area (Å²) >= 11 is 0. The Bertz CT molecular complexity index is 842. The lowest BCUT2D eigenvalue weighted by Gasteiger charge is -2.25. The molecule has 1 amide bonds. The van der Waals surface area contributed by atoms with Crippen LogP contribution in [0.2, 0.25) is 0 Å². The molecule has 24 heavy (non-hydrogen) atoms. The smallest absolute Gasteiger partial charge is 0.294 e. The first kappa shape index (κ1) is 15.9. The first-order chi connectivity index (χ1) is 11.5. The molecule has 7 heteroatoms. The van der Waals surface area contributed by atoms with Gasteiger partial charge in [-0.1, -0.05) is 6.92 Å². The Morgan fingerprint density at radius 1 is 1.33 bits per heavy atom. The lowest BCUT2D eigenvalue weighted by molar-refractivity contribution is -0.118. The van der Waals surface area contributed by atoms with Crippen LogP contribution >= 0.6 is 0 Å². The van der Waals surface area contributed by atoms with Gasteiger partial charge in [0.25, 0.3) is 5.91 Å². The topological polar surface area (TPSA) is 70.8 Å². The molecule has 2 aromatic rings. The number of Topliss-reactive ketones (excluding diaryl/α,β-unsaturated/α-hetero) is 1. The minimum atomic E-state index is -1.16. The molecule has 0 aliphatic carbocycles. The summed E-state index contributed by atoms with van der Waals surface area (Å²) in [6.07, 6.45) is 1.35. The number of carbonyl (C=O) groups excluding carboxylic acids is 2. The summed E-state index contributed by atoms with van der Waals surface area (Å²) in [5.74, 6) is -3.72. The molecular weight excluding hydrogens is 320 g/mol. The molecule has 1 aromatic heterocycles. The van der Waals surface area contributed by atoms with Gasteiger partial charge in [0.1, 0.15) is 23.4 Å². The van der Waals surface area contributed by atoms with Gasteiger partial charge in [0.05, 0.1) is 17.5 Å². The predicted octanol–water partition coefficient (Wildman–Crippen LogP) is 3.44. The molecule has 3 rings (SSSR count). The number of hydrogen-bond donors (Lipinski definition) is 1. The molecule has 0 bridgehead atoms. The van der Waals surface area contributed by atoms with E-state index in [0.717, 1.165) is 23.1 Å². The lowest BCUT2D eigenvalue weighted by atomic mass is 9.99. The van der Waals surface area contributed by atoms with Crippen molar-refractivity contribution in [2.75, 3.05) is 4.90 Å². The van der Waals surface area contributed by atoms with Crippen LogP contribution in [0, 0.1) is 11.6 Å². The van der Waals surface area contributed by atoms with Crippen molar-refractivity contribution >= 4 is 17.4 Å². The molecule has 0 fully saturated rings. The van der Waals surface area contributed by atoms with Crippen molar-refractivity contribution in [1.29, 1.82) is 0 Å². The van der Waals surface area contributed by atoms with Crippen molar-refractivity contribution in [3.8, 4) is 0 Å². The molecule has 124 valence electrons. The quantitative estimate of drug-likeness (QED) is 0.930. The van der Waals surface area contributed by atoms with Gasteiger partial charge in [-0.05, 0) is 24.3 Å². The Kier molecular flexibility index (Phi) is 3.92. The summed E-state index contributed by atoms with van der Waals surface area (Å²) < 4.78 is 33.0. The maximum Gasteiger partial charge on any atom is 0.294 e. The third-order valence-electron chi connectivity index (χ3n) is 3.81. The van der Waals surface area contributed by atoms with Gasteiger partial charge in [-0.2, -0.15) is 0 Å². The van der Waals surface area contributed by atoms with Crippen LogP contribution in [-0.2, 0) is 9.59 Å². The standard InChI is InChI=1S/C17H13F2NO4/c1-2-12(21)14-15(13-4-3-7-24-13)20(17(23)16(14)22)11-8-9(18)5-6-10(11)19/h3-8,15,22H,2H2,1H3. The normalized spacial score (nSPS) is 17.7. The van der Waals surface area contributed by atoms with E-state index in [9.17, 15) is 23.5 Å². The molecule has 0 saturated heterocycles. The van der Waals surface area contributed by atoms with E-state index in [1.165, 1.54) is 18.4 Å². The van der Waals surface area contributed by atoms with Gasteiger partial charge >= 0.3 is 0 Å². The number of halogens is 2. The van der Waals surface area contributed by atoms with Gasteiger partial charge in [0.2, 0.25) is 0 Å². The zero-order chi connectivity index (χ0) is 17.4. The highest BCUT2D eigenvalue weighted by Gasteiger charge is 2.46. The van der Waals surface area contributed by atoms with Crippen molar-refractivity contribution in [1.82, 2.24) is 0 Å². The van der Waals surface area contributed by atoms with Crippen LogP contribution in [-0.4, -0.2) is 16.8 Å². The van der Waals surface area contributed by atoms with E-state index in [2.05, 4.69) is 0 Å². The molecule has 0 spiro atoms. The van der Waals surface area contributed by atoms with Crippen LogP contribution in [0.4, 0.5) is 14.5 Å². The summed E-state index contributed by atoms with van der Waals surface area (Å²) in [6.45, 7) is 1.57. The number of carbonyl (C=O) groups is 2. The largest absolute Gasteiger partial charge is 0.503 e. The molecule has 1 aliphatic rings. The number of rotatable bonds is 4. The van der Waals surface area contributed by atoms with E-state index < -0.39 is 35.1 Å². The van der Waals surface area contributed by atoms with Crippen LogP contribution in [0.3, 0.4) is 0 Å². The van der Waals surface area contributed by atoms with Crippen molar-refractivity contribution < 1.29 is 27.9 Å². The van der Waals surface area contributed by atoms with E-state index in [1.54, 1.807) is 6.92 Å². The first-order valence-electron chi connectivity index (χ1n) is 7.24. The molecule has 5 nitrogen and oxygen atoms in total. The summed E-state index contributed by atoms with van der Waals surface area (Å²) in [7, 11) is 0. The monoisotopic (exact) mass is 333 g/mol. The number of benzene rings is 1. The van der Waals surface area contributed by atoms with Gasteiger partial charge in [0, 0.05) is 12.5 Å². The number of ketones is 1. The average molecular weight is 333 g/mol. The molecule has 1 aliphatic heterocycles. The second kappa shape index (κ2) is 5.92. The van der Waals surface area contributed by atoms with E-state index >= 15 is 0 Å². The predicted molar refractivity (Wildman–Crippen MR) is 80.2 cm³/mol. The van der Waals surface area contributed by atoms with Gasteiger partial charge in [-0.15, -0.1) is 0 Å². The Morgan fingerprint density at radius 3 is 2.71 bits per heavy atom. The van der Waals surface area contributed by atoms with E-state index in [4.69, 9.17) is 4.42 Å². The Hall–Kier alpha value is -2.96. The SMILES string of the molecule is CCC(=O)C1=C(O)C(=O)N(c2cc(F)ccc2F)C1c1ccco1. The molecule has 0 radical (unpaired) electrons. The Labute approximate surface area is 135 Å². The fourth-order valence-electron chi connectivity index (χ4n) is 2.72. The molecule has 1 atom stereocenters. The fraction of sp³-hybridized carbons (Fsp3) is 0.176. The summed E-state index contributed by atoms with van der Waals surface area (Å²) in [5.41, 5.74) is -0.576. The second-order valence-electron chi connectivity index (χ2n) is 5.23. The van der Waals surface area contributed by atoms with Gasteiger partial charge in [-0.3, -0.25) is 14.5 Å². The second-order valence-corrected chi connectivity index (χ2v) is 5.23.